The first-order chi connectivity index (χ1) is 6.83. The van der Waals surface area contributed by atoms with Gasteiger partial charge in [0, 0.05) is 6.08 Å². The van der Waals surface area contributed by atoms with Crippen molar-refractivity contribution in [2.24, 2.45) is 0 Å². The predicted molar refractivity (Wildman–Crippen MR) is 55.5 cm³/mol. The molecule has 0 amide bonds. The number of hydrogen-bond donors (Lipinski definition) is 1. The summed E-state index contributed by atoms with van der Waals surface area (Å²) in [6.45, 7) is 4.00. The highest BCUT2D eigenvalue weighted by Crippen LogP contribution is 2.00. The van der Waals surface area contributed by atoms with Gasteiger partial charge in [-0.3, -0.25) is 4.89 Å². The molecule has 0 bridgehead atoms. The van der Waals surface area contributed by atoms with E-state index < -0.39 is 5.97 Å². The molecule has 1 rings (SSSR count). The van der Waals surface area contributed by atoms with Gasteiger partial charge in [-0.25, -0.2) is 4.79 Å². The van der Waals surface area contributed by atoms with Gasteiger partial charge in [0.25, 0.3) is 0 Å². The van der Waals surface area contributed by atoms with Gasteiger partial charge in [-0.1, -0.05) is 44.2 Å². The molecule has 0 saturated heterocycles. The second-order valence-electron chi connectivity index (χ2n) is 2.15. The molecule has 0 saturated carbocycles. The van der Waals surface area contributed by atoms with E-state index >= 15 is 0 Å². The first-order valence-electron chi connectivity index (χ1n) is 4.41. The normalized spacial score (nSPS) is 9.07. The Morgan fingerprint density at radius 3 is 2.36 bits per heavy atom. The predicted octanol–water partition coefficient (Wildman–Crippen LogP) is 2.74. The van der Waals surface area contributed by atoms with E-state index in [1.807, 2.05) is 44.2 Å². The SMILES string of the molecule is CC.O=C(/C=C/c1ccccc1)OO. The molecular formula is C11H14O3. The number of carbonyl (C=O) groups is 1. The van der Waals surface area contributed by atoms with Crippen molar-refractivity contribution >= 4 is 12.0 Å². The van der Waals surface area contributed by atoms with E-state index in [9.17, 15) is 4.79 Å². The van der Waals surface area contributed by atoms with Gasteiger partial charge in [0.1, 0.15) is 0 Å². The molecule has 1 aromatic rings. The number of carbonyl (C=O) groups excluding carboxylic acids is 1. The lowest BCUT2D eigenvalue weighted by atomic mass is 10.2. The van der Waals surface area contributed by atoms with Crippen molar-refractivity contribution < 1.29 is 14.9 Å². The van der Waals surface area contributed by atoms with Crippen LogP contribution < -0.4 is 0 Å². The molecule has 0 fully saturated rings. The number of benzene rings is 1. The van der Waals surface area contributed by atoms with Gasteiger partial charge < -0.3 is 0 Å². The zero-order chi connectivity index (χ0) is 10.8. The largest absolute Gasteiger partial charge is 0.365 e. The van der Waals surface area contributed by atoms with Gasteiger partial charge in [-0.2, -0.15) is 5.26 Å². The zero-order valence-corrected chi connectivity index (χ0v) is 8.31. The summed E-state index contributed by atoms with van der Waals surface area (Å²) in [5.74, 6) is -0.779. The topological polar surface area (TPSA) is 46.5 Å². The minimum absolute atomic E-state index is 0.779. The molecule has 14 heavy (non-hydrogen) atoms. The van der Waals surface area contributed by atoms with Crippen LogP contribution in [-0.4, -0.2) is 11.2 Å². The summed E-state index contributed by atoms with van der Waals surface area (Å²) in [5, 5.41) is 7.91. The molecule has 1 aromatic carbocycles. The molecule has 0 aliphatic carbocycles. The highest BCUT2D eigenvalue weighted by molar-refractivity contribution is 5.86. The van der Waals surface area contributed by atoms with E-state index in [1.165, 1.54) is 0 Å². The van der Waals surface area contributed by atoms with Crippen molar-refractivity contribution in [3.8, 4) is 0 Å². The Kier molecular flexibility index (Phi) is 7.09. The van der Waals surface area contributed by atoms with Crippen LogP contribution in [0, 0.1) is 0 Å². The van der Waals surface area contributed by atoms with Crippen molar-refractivity contribution in [2.75, 3.05) is 0 Å². The standard InChI is InChI=1S/C9H8O3.C2H6/c10-9(12-11)7-6-8-4-2-1-3-5-8;1-2/h1-7,11H;1-2H3/b7-6+;. The summed E-state index contributed by atoms with van der Waals surface area (Å²) in [5.41, 5.74) is 0.878. The number of hydrogen-bond acceptors (Lipinski definition) is 3. The lowest BCUT2D eigenvalue weighted by Crippen LogP contribution is -1.93. The van der Waals surface area contributed by atoms with E-state index in [0.717, 1.165) is 11.6 Å². The molecule has 0 spiro atoms. The summed E-state index contributed by atoms with van der Waals surface area (Å²) >= 11 is 0. The van der Waals surface area contributed by atoms with Crippen molar-refractivity contribution in [1.82, 2.24) is 0 Å². The minimum Gasteiger partial charge on any atom is -0.296 e. The van der Waals surface area contributed by atoms with Crippen LogP contribution >= 0.6 is 0 Å². The Balaban J connectivity index is 0.000000791. The fourth-order valence-corrected chi connectivity index (χ4v) is 0.759. The maximum atomic E-state index is 10.4. The third-order valence-electron chi connectivity index (χ3n) is 1.30. The lowest BCUT2D eigenvalue weighted by molar-refractivity contribution is -0.227. The summed E-state index contributed by atoms with van der Waals surface area (Å²) in [7, 11) is 0. The molecule has 0 aromatic heterocycles. The Morgan fingerprint density at radius 2 is 1.86 bits per heavy atom. The fraction of sp³-hybridized carbons (Fsp3) is 0.182. The molecule has 0 atom stereocenters. The highest BCUT2D eigenvalue weighted by atomic mass is 17.1. The Hall–Kier alpha value is -1.61. The molecule has 0 heterocycles. The molecule has 0 radical (unpaired) electrons. The third-order valence-corrected chi connectivity index (χ3v) is 1.30. The van der Waals surface area contributed by atoms with Crippen LogP contribution in [-0.2, 0) is 9.68 Å². The molecule has 76 valence electrons. The fourth-order valence-electron chi connectivity index (χ4n) is 0.759. The first kappa shape index (κ1) is 12.4. The average Bonchev–Trinajstić information content (AvgIpc) is 2.30. The maximum absolute atomic E-state index is 10.4. The van der Waals surface area contributed by atoms with Crippen LogP contribution in [0.5, 0.6) is 0 Å². The van der Waals surface area contributed by atoms with Crippen molar-refractivity contribution in [1.29, 1.82) is 0 Å². The Bertz CT molecular complexity index is 278. The molecular weight excluding hydrogens is 180 g/mol. The third kappa shape index (κ3) is 5.11. The van der Waals surface area contributed by atoms with E-state index in [0.29, 0.717) is 0 Å². The minimum atomic E-state index is -0.779. The van der Waals surface area contributed by atoms with Crippen LogP contribution in [0.15, 0.2) is 36.4 Å². The van der Waals surface area contributed by atoms with E-state index in [-0.39, 0.29) is 0 Å². The van der Waals surface area contributed by atoms with Crippen molar-refractivity contribution in [3.63, 3.8) is 0 Å². The summed E-state index contributed by atoms with van der Waals surface area (Å²) < 4.78 is 0. The number of rotatable bonds is 2. The van der Waals surface area contributed by atoms with Crippen LogP contribution in [0.1, 0.15) is 19.4 Å². The highest BCUT2D eigenvalue weighted by Gasteiger charge is 1.91. The Morgan fingerprint density at radius 1 is 1.29 bits per heavy atom. The summed E-state index contributed by atoms with van der Waals surface area (Å²) in [4.78, 5) is 13.9. The Labute approximate surface area is 83.6 Å². The van der Waals surface area contributed by atoms with Crippen LogP contribution in [0.2, 0.25) is 0 Å². The van der Waals surface area contributed by atoms with Crippen LogP contribution in [0.4, 0.5) is 0 Å². The second kappa shape index (κ2) is 8.01. The second-order valence-corrected chi connectivity index (χ2v) is 2.15. The monoisotopic (exact) mass is 194 g/mol. The van der Waals surface area contributed by atoms with Crippen molar-refractivity contribution in [2.45, 2.75) is 13.8 Å². The summed E-state index contributed by atoms with van der Waals surface area (Å²) in [6.07, 6.45) is 2.70. The maximum Gasteiger partial charge on any atom is 0.365 e. The smallest absolute Gasteiger partial charge is 0.296 e. The molecule has 0 aliphatic rings. The summed E-state index contributed by atoms with van der Waals surface area (Å²) in [6, 6.07) is 9.25. The first-order valence-corrected chi connectivity index (χ1v) is 4.41. The van der Waals surface area contributed by atoms with Gasteiger partial charge in [-0.05, 0) is 11.6 Å². The van der Waals surface area contributed by atoms with Crippen LogP contribution in [0.3, 0.4) is 0 Å². The molecule has 1 N–H and O–H groups in total. The zero-order valence-electron chi connectivity index (χ0n) is 8.31. The van der Waals surface area contributed by atoms with Gasteiger partial charge in [0.2, 0.25) is 0 Å². The average molecular weight is 194 g/mol. The quantitative estimate of drug-likeness (QED) is 0.447. The van der Waals surface area contributed by atoms with E-state index in [1.54, 1.807) is 6.08 Å². The van der Waals surface area contributed by atoms with Gasteiger partial charge >= 0.3 is 5.97 Å². The van der Waals surface area contributed by atoms with Gasteiger partial charge in [0.15, 0.2) is 0 Å². The molecule has 3 heteroatoms. The molecule has 3 nitrogen and oxygen atoms in total. The van der Waals surface area contributed by atoms with E-state index in [2.05, 4.69) is 4.89 Å². The van der Waals surface area contributed by atoms with E-state index in [4.69, 9.17) is 5.26 Å². The lowest BCUT2D eigenvalue weighted by Gasteiger charge is -1.89. The molecule has 0 aliphatic heterocycles. The molecule has 0 unspecified atom stereocenters. The van der Waals surface area contributed by atoms with Crippen LogP contribution in [0.25, 0.3) is 6.08 Å². The van der Waals surface area contributed by atoms with Gasteiger partial charge in [-0.15, -0.1) is 0 Å². The van der Waals surface area contributed by atoms with Gasteiger partial charge in [0.05, 0.1) is 0 Å². The van der Waals surface area contributed by atoms with Crippen molar-refractivity contribution in [3.05, 3.63) is 42.0 Å².